The second-order valence-corrected chi connectivity index (χ2v) is 8.30. The molecule has 3 aliphatic rings. The van der Waals surface area contributed by atoms with Crippen molar-refractivity contribution in [3.05, 3.63) is 0 Å². The molecule has 14 heteroatoms. The molecule has 14 atom stereocenters. The van der Waals surface area contributed by atoms with Crippen LogP contribution in [0.3, 0.4) is 0 Å². The number of ether oxygens (including phenoxy) is 4. The number of hydrogen-bond donors (Lipinski definition) is 10. The summed E-state index contributed by atoms with van der Waals surface area (Å²) in [6, 6.07) is -2.72. The van der Waals surface area contributed by atoms with Crippen molar-refractivity contribution < 1.29 is 49.6 Å². The van der Waals surface area contributed by atoms with Crippen molar-refractivity contribution in [3.8, 4) is 0 Å². The van der Waals surface area contributed by atoms with E-state index >= 15 is 0 Å². The molecule has 2 aliphatic heterocycles. The van der Waals surface area contributed by atoms with Crippen LogP contribution in [0.5, 0.6) is 0 Å². The summed E-state index contributed by atoms with van der Waals surface area (Å²) in [6.45, 7) is -0.673. The third-order valence-electron chi connectivity index (χ3n) is 6.13. The van der Waals surface area contributed by atoms with Crippen LogP contribution in [0.4, 0.5) is 0 Å². The first kappa shape index (κ1) is 25.1. The highest BCUT2D eigenvalue weighted by atomic mass is 16.7. The second kappa shape index (κ2) is 10.1. The van der Waals surface area contributed by atoms with Gasteiger partial charge in [0.1, 0.15) is 48.8 Å². The molecule has 3 fully saturated rings. The molecule has 1 saturated carbocycles. The minimum absolute atomic E-state index is 0.114. The predicted molar refractivity (Wildman–Crippen MR) is 102 cm³/mol. The van der Waals surface area contributed by atoms with E-state index in [1.54, 1.807) is 0 Å². The van der Waals surface area contributed by atoms with Crippen LogP contribution in [-0.4, -0.2) is 129 Å². The zero-order valence-corrected chi connectivity index (χ0v) is 16.8. The first-order valence-corrected chi connectivity index (χ1v) is 10.2. The average molecular weight is 454 g/mol. The Labute approximate surface area is 178 Å². The second-order valence-electron chi connectivity index (χ2n) is 8.30. The maximum Gasteiger partial charge on any atom is 0.187 e. The topological polar surface area (TPSA) is 262 Å². The molecular formula is C17H34N4O10. The highest BCUT2D eigenvalue weighted by Gasteiger charge is 2.52. The van der Waals surface area contributed by atoms with Gasteiger partial charge in [0.05, 0.1) is 18.8 Å². The molecule has 0 spiro atoms. The van der Waals surface area contributed by atoms with Gasteiger partial charge in [0, 0.05) is 18.6 Å². The molecule has 0 unspecified atom stereocenters. The van der Waals surface area contributed by atoms with Crippen molar-refractivity contribution in [1.29, 1.82) is 0 Å². The van der Waals surface area contributed by atoms with Gasteiger partial charge in [-0.25, -0.2) is 0 Å². The maximum absolute atomic E-state index is 10.6. The SMILES string of the molecule is NC[C@H]1O[C@H](O[C@H]2[C@H](O[C@@H]3O[C@H](CO)[C@@H](O)[C@H]3O)[C@H](O)[C@H](N)C[C@@H]2N)[C@H](N)[C@@H](O)[C@@H]1O. The first-order valence-electron chi connectivity index (χ1n) is 10.2. The Bertz CT molecular complexity index is 591. The lowest BCUT2D eigenvalue weighted by Crippen LogP contribution is -2.68. The minimum Gasteiger partial charge on any atom is -0.394 e. The molecule has 0 amide bonds. The summed E-state index contributed by atoms with van der Waals surface area (Å²) in [5, 5.41) is 60.2. The quantitative estimate of drug-likeness (QED) is 0.179. The van der Waals surface area contributed by atoms with E-state index in [0.717, 1.165) is 0 Å². The normalized spacial score (nSPS) is 53.6. The van der Waals surface area contributed by atoms with E-state index in [4.69, 9.17) is 41.9 Å². The molecule has 0 aromatic heterocycles. The van der Waals surface area contributed by atoms with Crippen molar-refractivity contribution in [2.24, 2.45) is 22.9 Å². The summed E-state index contributed by atoms with van der Waals surface area (Å²) in [6.07, 6.45) is -13.8. The van der Waals surface area contributed by atoms with Crippen LogP contribution in [0.1, 0.15) is 6.42 Å². The van der Waals surface area contributed by atoms with Crippen molar-refractivity contribution in [2.75, 3.05) is 13.2 Å². The van der Waals surface area contributed by atoms with Gasteiger partial charge in [-0.1, -0.05) is 0 Å². The van der Waals surface area contributed by atoms with E-state index in [1.807, 2.05) is 0 Å². The molecular weight excluding hydrogens is 420 g/mol. The first-order chi connectivity index (χ1) is 14.6. The fourth-order valence-corrected chi connectivity index (χ4v) is 4.16. The van der Waals surface area contributed by atoms with Gasteiger partial charge in [-0.15, -0.1) is 0 Å². The standard InChI is InChI=1S/C17H34N4O10/c18-2-6-10(24)12(26)8(21)16(28-6)30-14-5(20)1-4(19)9(23)15(14)31-17-13(27)11(25)7(3-22)29-17/h4-17,22-27H,1-3,18-21H2/t4-,5+,6-,7-,8-,9-,10-,11-,12-,13-,14-,15-,16-,17+/m1/s1. The molecule has 0 aromatic rings. The van der Waals surface area contributed by atoms with Crippen molar-refractivity contribution in [2.45, 2.75) is 92.1 Å². The van der Waals surface area contributed by atoms with Gasteiger partial charge in [-0.3, -0.25) is 0 Å². The Morgan fingerprint density at radius 3 is 1.87 bits per heavy atom. The lowest BCUT2D eigenvalue weighted by molar-refractivity contribution is -0.306. The van der Waals surface area contributed by atoms with Gasteiger partial charge in [0.25, 0.3) is 0 Å². The summed E-state index contributed by atoms with van der Waals surface area (Å²) in [5.74, 6) is 0. The van der Waals surface area contributed by atoms with Crippen LogP contribution in [0.2, 0.25) is 0 Å². The number of aliphatic hydroxyl groups is 6. The van der Waals surface area contributed by atoms with E-state index < -0.39 is 92.2 Å². The highest BCUT2D eigenvalue weighted by Crippen LogP contribution is 2.31. The molecule has 1 aliphatic carbocycles. The zero-order chi connectivity index (χ0) is 23.0. The molecule has 0 aromatic carbocycles. The smallest absolute Gasteiger partial charge is 0.187 e. The van der Waals surface area contributed by atoms with Gasteiger partial charge in [-0.05, 0) is 6.42 Å². The monoisotopic (exact) mass is 454 g/mol. The van der Waals surface area contributed by atoms with E-state index in [9.17, 15) is 30.6 Å². The largest absolute Gasteiger partial charge is 0.394 e. The highest BCUT2D eigenvalue weighted by molar-refractivity contribution is 5.01. The lowest BCUT2D eigenvalue weighted by atomic mass is 9.84. The Morgan fingerprint density at radius 2 is 1.29 bits per heavy atom. The molecule has 2 heterocycles. The summed E-state index contributed by atoms with van der Waals surface area (Å²) in [4.78, 5) is 0. The zero-order valence-electron chi connectivity index (χ0n) is 16.8. The Morgan fingerprint density at radius 1 is 0.710 bits per heavy atom. The third kappa shape index (κ3) is 4.87. The fraction of sp³-hybridized carbons (Fsp3) is 1.00. The Hall–Kier alpha value is -0.560. The fourth-order valence-electron chi connectivity index (χ4n) is 4.16. The summed E-state index contributed by atoms with van der Waals surface area (Å²) >= 11 is 0. The number of hydrogen-bond acceptors (Lipinski definition) is 14. The van der Waals surface area contributed by atoms with Gasteiger partial charge >= 0.3 is 0 Å². The minimum atomic E-state index is -1.51. The molecule has 0 bridgehead atoms. The van der Waals surface area contributed by atoms with Crippen LogP contribution in [0, 0.1) is 0 Å². The molecule has 3 rings (SSSR count). The Balaban J connectivity index is 1.78. The van der Waals surface area contributed by atoms with Crippen LogP contribution in [0.15, 0.2) is 0 Å². The molecule has 14 N–H and O–H groups in total. The molecule has 182 valence electrons. The van der Waals surface area contributed by atoms with Crippen molar-refractivity contribution in [3.63, 3.8) is 0 Å². The van der Waals surface area contributed by atoms with Gasteiger partial charge in [-0.2, -0.15) is 0 Å². The number of rotatable bonds is 6. The molecule has 31 heavy (non-hydrogen) atoms. The Kier molecular flexibility index (Phi) is 8.21. The van der Waals surface area contributed by atoms with Crippen LogP contribution >= 0.6 is 0 Å². The summed E-state index contributed by atoms with van der Waals surface area (Å²) in [5.41, 5.74) is 23.6. The summed E-state index contributed by atoms with van der Waals surface area (Å²) < 4.78 is 22.5. The number of nitrogens with two attached hydrogens (primary N) is 4. The van der Waals surface area contributed by atoms with E-state index in [-0.39, 0.29) is 13.0 Å². The van der Waals surface area contributed by atoms with Gasteiger partial charge < -0.3 is 72.5 Å². The predicted octanol–water partition coefficient (Wildman–Crippen LogP) is -6.65. The number of aliphatic hydroxyl groups excluding tert-OH is 6. The van der Waals surface area contributed by atoms with Crippen LogP contribution < -0.4 is 22.9 Å². The molecule has 14 nitrogen and oxygen atoms in total. The van der Waals surface area contributed by atoms with Crippen LogP contribution in [-0.2, 0) is 18.9 Å². The average Bonchev–Trinajstić information content (AvgIpc) is 3.02. The maximum atomic E-state index is 10.6. The van der Waals surface area contributed by atoms with E-state index in [2.05, 4.69) is 0 Å². The van der Waals surface area contributed by atoms with Crippen molar-refractivity contribution in [1.82, 2.24) is 0 Å². The molecule has 0 radical (unpaired) electrons. The third-order valence-corrected chi connectivity index (χ3v) is 6.13. The summed E-state index contributed by atoms with van der Waals surface area (Å²) in [7, 11) is 0. The van der Waals surface area contributed by atoms with E-state index in [1.165, 1.54) is 0 Å². The molecule has 2 saturated heterocycles. The van der Waals surface area contributed by atoms with E-state index in [0.29, 0.717) is 0 Å². The van der Waals surface area contributed by atoms with Crippen LogP contribution in [0.25, 0.3) is 0 Å². The van der Waals surface area contributed by atoms with Gasteiger partial charge in [0.2, 0.25) is 0 Å². The van der Waals surface area contributed by atoms with Crippen molar-refractivity contribution >= 4 is 0 Å². The van der Waals surface area contributed by atoms with Gasteiger partial charge in [0.15, 0.2) is 12.6 Å². The lowest BCUT2D eigenvalue weighted by Gasteiger charge is -2.47.